The molecule has 2 aliphatic rings. The average molecular weight is 878 g/mol. The highest BCUT2D eigenvalue weighted by molar-refractivity contribution is 5.89. The Hall–Kier alpha value is -7.42. The Morgan fingerprint density at radius 2 is 1.20 bits per heavy atom. The number of nitrogens with zero attached hydrogens (tertiary/aromatic N) is 5. The third-order valence-corrected chi connectivity index (χ3v) is 12.4. The molecular weight excluding hydrogens is 823 g/mol. The van der Waals surface area contributed by atoms with Crippen LogP contribution >= 0.6 is 0 Å². The lowest BCUT2D eigenvalue weighted by Crippen LogP contribution is -2.51. The summed E-state index contributed by atoms with van der Waals surface area (Å²) in [6.45, 7) is 4.91. The monoisotopic (exact) mass is 877 g/mol. The van der Waals surface area contributed by atoms with Crippen molar-refractivity contribution >= 4 is 35.4 Å². The van der Waals surface area contributed by atoms with Gasteiger partial charge in [0.1, 0.15) is 23.7 Å². The van der Waals surface area contributed by atoms with Crippen molar-refractivity contribution in [3.63, 3.8) is 0 Å². The van der Waals surface area contributed by atoms with Crippen molar-refractivity contribution in [2.45, 2.75) is 63.7 Å². The molecule has 4 heterocycles. The predicted octanol–water partition coefficient (Wildman–Crippen LogP) is 8.71. The summed E-state index contributed by atoms with van der Waals surface area (Å²) < 4.78 is 9.66. The second kappa shape index (κ2) is 19.5. The van der Waals surface area contributed by atoms with Crippen molar-refractivity contribution in [1.82, 2.24) is 40.4 Å². The Kier molecular flexibility index (Phi) is 13.3. The van der Waals surface area contributed by atoms with Crippen LogP contribution in [0, 0.1) is 5.92 Å². The fourth-order valence-electron chi connectivity index (χ4n) is 8.93. The zero-order chi connectivity index (χ0) is 45.6. The van der Waals surface area contributed by atoms with Gasteiger partial charge in [-0.3, -0.25) is 9.59 Å². The van der Waals surface area contributed by atoms with E-state index in [1.807, 2.05) is 73.5 Å². The molecule has 65 heavy (non-hydrogen) atoms. The number of likely N-dealkylation sites (tertiary alicyclic amines) is 2. The molecule has 6 aromatic rings. The average Bonchev–Trinajstić information content (AvgIpc) is 4.20. The fourth-order valence-corrected chi connectivity index (χ4v) is 8.93. The molecule has 3 unspecified atom stereocenters. The molecule has 0 aliphatic carbocycles. The van der Waals surface area contributed by atoms with Gasteiger partial charge in [-0.25, -0.2) is 19.6 Å². The SMILES string of the molecule is COC(=O)NC(C(=O)N1CCCC1c1ncc(-c2ccc(-c3ccc(-c4cnc(C5CCCN5C(=O)[C@@H](NC(=O)OC)C(C)C)[nH]4)cc3N(C)c3ccccc3)cc2)[nH]1)c1ccccc1. The van der Waals surface area contributed by atoms with Gasteiger partial charge < -0.3 is 44.8 Å². The van der Waals surface area contributed by atoms with E-state index in [1.54, 1.807) is 11.1 Å². The van der Waals surface area contributed by atoms with Gasteiger partial charge in [0.05, 0.1) is 50.1 Å². The summed E-state index contributed by atoms with van der Waals surface area (Å²) in [5.74, 6) is 0.878. The first-order valence-corrected chi connectivity index (χ1v) is 22.0. The second-order valence-corrected chi connectivity index (χ2v) is 16.8. The lowest BCUT2D eigenvalue weighted by molar-refractivity contribution is -0.135. The highest BCUT2D eigenvalue weighted by Gasteiger charge is 2.39. The van der Waals surface area contributed by atoms with Gasteiger partial charge in [0, 0.05) is 42.6 Å². The van der Waals surface area contributed by atoms with E-state index in [2.05, 4.69) is 87.1 Å². The van der Waals surface area contributed by atoms with E-state index < -0.39 is 24.3 Å². The van der Waals surface area contributed by atoms with Gasteiger partial charge in [0.15, 0.2) is 0 Å². The number of carbonyl (C=O) groups excluding carboxylic acids is 4. The minimum atomic E-state index is -0.898. The van der Waals surface area contributed by atoms with E-state index >= 15 is 0 Å². The molecule has 4 atom stereocenters. The standard InChI is InChI=1S/C50H55N9O6/c1-31(2)43(55-49(62)64-4)47(60)58-26-12-18-40(58)46-52-30-39(54-46)35-24-25-37(42(28-35)57(3)36-16-10-7-11-17-36)32-20-22-33(23-21-32)38-29-51-45(53-38)41-19-13-27-59(41)48(61)44(56-50(63)65-5)34-14-8-6-9-15-34/h6-11,14-17,20-25,28-31,40-41,43-44H,12-13,18-19,26-27H2,1-5H3,(H,51,53)(H,52,54)(H,55,62)(H,56,63)/t40?,41?,43-,44?/m0/s1. The van der Waals surface area contributed by atoms with Crippen LogP contribution in [-0.4, -0.2) is 94.1 Å². The lowest BCUT2D eigenvalue weighted by atomic mass is 9.98. The summed E-state index contributed by atoms with van der Waals surface area (Å²) in [7, 11) is 4.62. The number of aromatic amines is 2. The summed E-state index contributed by atoms with van der Waals surface area (Å²) in [5, 5.41) is 5.44. The highest BCUT2D eigenvalue weighted by Crippen LogP contribution is 2.40. The number of methoxy groups -OCH3 is 2. The Balaban J connectivity index is 1.04. The number of nitrogens with one attached hydrogen (secondary N) is 4. The van der Waals surface area contributed by atoms with Gasteiger partial charge in [-0.05, 0) is 66.5 Å². The zero-order valence-electron chi connectivity index (χ0n) is 37.3. The van der Waals surface area contributed by atoms with Gasteiger partial charge in [0.25, 0.3) is 5.91 Å². The molecule has 8 rings (SSSR count). The molecule has 2 fully saturated rings. The molecule has 2 aliphatic heterocycles. The number of H-pyrrole nitrogens is 2. The number of anilines is 2. The number of hydrogen-bond donors (Lipinski definition) is 4. The van der Waals surface area contributed by atoms with Gasteiger partial charge in [-0.1, -0.05) is 98.8 Å². The molecule has 4 aromatic carbocycles. The number of hydrogen-bond acceptors (Lipinski definition) is 9. The molecule has 0 saturated carbocycles. The topological polar surface area (TPSA) is 178 Å². The number of alkyl carbamates (subject to hydrolysis) is 2. The Bertz CT molecular complexity index is 2610. The minimum Gasteiger partial charge on any atom is -0.453 e. The van der Waals surface area contributed by atoms with Crippen LogP contribution in [-0.2, 0) is 19.1 Å². The largest absolute Gasteiger partial charge is 0.453 e. The number of aromatic nitrogens is 4. The van der Waals surface area contributed by atoms with Crippen LogP contribution in [0.4, 0.5) is 21.0 Å². The van der Waals surface area contributed by atoms with Crippen molar-refractivity contribution in [2.24, 2.45) is 5.92 Å². The number of amides is 4. The summed E-state index contributed by atoms with van der Waals surface area (Å²) in [4.78, 5) is 74.6. The van der Waals surface area contributed by atoms with E-state index in [9.17, 15) is 19.2 Å². The van der Waals surface area contributed by atoms with Crippen molar-refractivity contribution < 1.29 is 28.7 Å². The summed E-state index contributed by atoms with van der Waals surface area (Å²) in [6.07, 6.45) is 5.42. The third kappa shape index (κ3) is 9.45. The molecule has 4 N–H and O–H groups in total. The van der Waals surface area contributed by atoms with E-state index in [0.717, 1.165) is 70.7 Å². The first kappa shape index (κ1) is 44.2. The van der Waals surface area contributed by atoms with Gasteiger partial charge >= 0.3 is 12.2 Å². The molecule has 4 amide bonds. The Morgan fingerprint density at radius 3 is 1.78 bits per heavy atom. The van der Waals surface area contributed by atoms with Gasteiger partial charge in [0.2, 0.25) is 5.91 Å². The first-order valence-electron chi connectivity index (χ1n) is 22.0. The maximum absolute atomic E-state index is 14.0. The molecule has 2 saturated heterocycles. The van der Waals surface area contributed by atoms with Crippen LogP contribution < -0.4 is 15.5 Å². The van der Waals surface area contributed by atoms with Crippen molar-refractivity contribution in [3.8, 4) is 33.6 Å². The number of ether oxygens (including phenoxy) is 2. The van der Waals surface area contributed by atoms with Crippen molar-refractivity contribution in [1.29, 1.82) is 0 Å². The van der Waals surface area contributed by atoms with E-state index in [4.69, 9.17) is 19.4 Å². The lowest BCUT2D eigenvalue weighted by Gasteiger charge is -2.30. The van der Waals surface area contributed by atoms with Crippen LogP contribution in [0.5, 0.6) is 0 Å². The van der Waals surface area contributed by atoms with E-state index in [1.165, 1.54) is 14.2 Å². The highest BCUT2D eigenvalue weighted by atomic mass is 16.5. The number of imidazole rings is 2. The van der Waals surface area contributed by atoms with Crippen LogP contribution in [0.3, 0.4) is 0 Å². The fraction of sp³-hybridized carbons (Fsp3) is 0.320. The number of rotatable bonds is 13. The van der Waals surface area contributed by atoms with Crippen LogP contribution in [0.2, 0.25) is 0 Å². The smallest absolute Gasteiger partial charge is 0.407 e. The Labute approximate surface area is 378 Å². The van der Waals surface area contributed by atoms with Crippen LogP contribution in [0.1, 0.15) is 74.9 Å². The third-order valence-electron chi connectivity index (χ3n) is 12.4. The van der Waals surface area contributed by atoms with Crippen LogP contribution in [0.15, 0.2) is 116 Å². The van der Waals surface area contributed by atoms with Gasteiger partial charge in [-0.15, -0.1) is 0 Å². The summed E-state index contributed by atoms with van der Waals surface area (Å²) in [5.41, 5.74) is 8.24. The molecule has 0 radical (unpaired) electrons. The summed E-state index contributed by atoms with van der Waals surface area (Å²) in [6, 6.07) is 31.9. The minimum absolute atomic E-state index is 0.131. The van der Waals surface area contributed by atoms with Crippen molar-refractivity contribution in [3.05, 3.63) is 133 Å². The maximum atomic E-state index is 14.0. The zero-order valence-corrected chi connectivity index (χ0v) is 37.3. The second-order valence-electron chi connectivity index (χ2n) is 16.8. The molecule has 0 bridgehead atoms. The molecule has 2 aromatic heterocycles. The normalized spacial score (nSPS) is 16.8. The first-order chi connectivity index (χ1) is 31.5. The predicted molar refractivity (Wildman–Crippen MR) is 248 cm³/mol. The molecule has 15 heteroatoms. The number of benzene rings is 4. The quantitative estimate of drug-likeness (QED) is 0.0884. The molecule has 15 nitrogen and oxygen atoms in total. The molecule has 0 spiro atoms. The number of carbonyl (C=O) groups is 4. The molecular formula is C50H55N9O6. The van der Waals surface area contributed by atoms with Crippen molar-refractivity contribution in [2.75, 3.05) is 39.3 Å². The van der Waals surface area contributed by atoms with Crippen LogP contribution in [0.25, 0.3) is 33.6 Å². The van der Waals surface area contributed by atoms with E-state index in [-0.39, 0.29) is 29.8 Å². The molecule has 336 valence electrons. The van der Waals surface area contributed by atoms with E-state index in [0.29, 0.717) is 30.3 Å². The maximum Gasteiger partial charge on any atom is 0.407 e. The summed E-state index contributed by atoms with van der Waals surface area (Å²) >= 11 is 0. The number of para-hydroxylation sites is 1. The van der Waals surface area contributed by atoms with Gasteiger partial charge in [-0.2, -0.15) is 0 Å². The Morgan fingerprint density at radius 1 is 0.677 bits per heavy atom.